The summed E-state index contributed by atoms with van der Waals surface area (Å²) in [5.74, 6) is -0.347. The van der Waals surface area contributed by atoms with Crippen molar-refractivity contribution in [2.45, 2.75) is 31.0 Å². The molecule has 0 bridgehead atoms. The third kappa shape index (κ3) is 4.64. The predicted octanol–water partition coefficient (Wildman–Crippen LogP) is 2.21. The number of carbonyl (C=O) groups is 2. The van der Waals surface area contributed by atoms with Crippen LogP contribution in [0.3, 0.4) is 0 Å². The van der Waals surface area contributed by atoms with Crippen molar-refractivity contribution < 1.29 is 23.8 Å². The van der Waals surface area contributed by atoms with Crippen LogP contribution in [0, 0.1) is 0 Å². The van der Waals surface area contributed by atoms with E-state index in [4.69, 9.17) is 14.2 Å². The van der Waals surface area contributed by atoms with Gasteiger partial charge < -0.3 is 19.1 Å². The molecule has 6 nitrogen and oxygen atoms in total. The molecule has 0 radical (unpaired) electrons. The van der Waals surface area contributed by atoms with Crippen LogP contribution in [0.25, 0.3) is 0 Å². The van der Waals surface area contributed by atoms with Gasteiger partial charge in [-0.25, -0.2) is 4.79 Å². The number of methoxy groups -OCH3 is 1. The summed E-state index contributed by atoms with van der Waals surface area (Å²) in [5, 5.41) is 0. The number of hydrogen-bond acceptors (Lipinski definition) is 6. The Morgan fingerprint density at radius 1 is 1.29 bits per heavy atom. The molecule has 1 heterocycles. The van der Waals surface area contributed by atoms with Crippen LogP contribution in [0.15, 0.2) is 23.1 Å². The molecule has 0 unspecified atom stereocenters. The summed E-state index contributed by atoms with van der Waals surface area (Å²) in [4.78, 5) is 27.1. The van der Waals surface area contributed by atoms with Crippen LogP contribution < -0.4 is 4.74 Å². The fraction of sp³-hybridized carbons (Fsp3) is 0.529. The molecule has 0 aliphatic carbocycles. The number of benzene rings is 1. The molecule has 2 rings (SSSR count). The lowest BCUT2D eigenvalue weighted by atomic mass is 10.2. The molecule has 0 saturated carbocycles. The SMILES string of the molecule is COc1cc(SC)ccc1C(=O)OCC(=O)N1C[C@@H](C)O[C@H](C)C1. The monoisotopic (exact) mass is 353 g/mol. The van der Waals surface area contributed by atoms with Crippen molar-refractivity contribution >= 4 is 23.6 Å². The smallest absolute Gasteiger partial charge is 0.342 e. The first-order valence-corrected chi connectivity index (χ1v) is 8.99. The van der Waals surface area contributed by atoms with Gasteiger partial charge in [-0.1, -0.05) is 0 Å². The van der Waals surface area contributed by atoms with Crippen LogP contribution >= 0.6 is 11.8 Å². The summed E-state index contributed by atoms with van der Waals surface area (Å²) < 4.78 is 16.0. The summed E-state index contributed by atoms with van der Waals surface area (Å²) in [6.45, 7) is 4.56. The molecule has 7 heteroatoms. The van der Waals surface area contributed by atoms with Crippen LogP contribution in [-0.4, -0.2) is 62.0 Å². The summed E-state index contributed by atoms with van der Waals surface area (Å²) in [6, 6.07) is 5.24. The molecule has 2 atom stereocenters. The minimum absolute atomic E-state index is 0.0208. The van der Waals surface area contributed by atoms with Crippen molar-refractivity contribution in [2.75, 3.05) is 33.1 Å². The molecular formula is C17H23NO5S. The molecule has 1 aromatic rings. The fourth-order valence-electron chi connectivity index (χ4n) is 2.65. The molecule has 0 aromatic heterocycles. The van der Waals surface area contributed by atoms with Crippen LogP contribution in [0.4, 0.5) is 0 Å². The molecule has 132 valence electrons. The van der Waals surface area contributed by atoms with Gasteiger partial charge in [-0.2, -0.15) is 0 Å². The number of rotatable bonds is 5. The van der Waals surface area contributed by atoms with Crippen molar-refractivity contribution in [3.8, 4) is 5.75 Å². The van der Waals surface area contributed by atoms with Crippen LogP contribution in [0.5, 0.6) is 5.75 Å². The first-order valence-electron chi connectivity index (χ1n) is 7.77. The Labute approximate surface area is 146 Å². The van der Waals surface area contributed by atoms with Gasteiger partial charge in [0.1, 0.15) is 11.3 Å². The number of hydrogen-bond donors (Lipinski definition) is 0. The average Bonchev–Trinajstić information content (AvgIpc) is 2.57. The van der Waals surface area contributed by atoms with Gasteiger partial charge in [0.25, 0.3) is 5.91 Å². The second-order valence-electron chi connectivity index (χ2n) is 5.70. The van der Waals surface area contributed by atoms with E-state index in [1.165, 1.54) is 7.11 Å². The summed E-state index contributed by atoms with van der Waals surface area (Å²) in [7, 11) is 1.50. The third-order valence-corrected chi connectivity index (χ3v) is 4.45. The van der Waals surface area contributed by atoms with Crippen LogP contribution in [0.1, 0.15) is 24.2 Å². The highest BCUT2D eigenvalue weighted by Gasteiger charge is 2.26. The molecule has 24 heavy (non-hydrogen) atoms. The van der Waals surface area contributed by atoms with E-state index in [1.54, 1.807) is 28.8 Å². The molecule has 1 aliphatic rings. The maximum Gasteiger partial charge on any atom is 0.342 e. The average molecular weight is 353 g/mol. The van der Waals surface area contributed by atoms with Crippen LogP contribution in [-0.2, 0) is 14.3 Å². The van der Waals surface area contributed by atoms with E-state index in [0.717, 1.165) is 4.90 Å². The van der Waals surface area contributed by atoms with Gasteiger partial charge in [0.2, 0.25) is 0 Å². The molecular weight excluding hydrogens is 330 g/mol. The largest absolute Gasteiger partial charge is 0.496 e. The molecule has 0 spiro atoms. The lowest BCUT2D eigenvalue weighted by Gasteiger charge is -2.35. The highest BCUT2D eigenvalue weighted by Crippen LogP contribution is 2.26. The Bertz CT molecular complexity index is 597. The van der Waals surface area contributed by atoms with Gasteiger partial charge in [-0.3, -0.25) is 4.79 Å². The van der Waals surface area contributed by atoms with E-state index in [-0.39, 0.29) is 24.7 Å². The zero-order valence-electron chi connectivity index (χ0n) is 14.4. The third-order valence-electron chi connectivity index (χ3n) is 3.73. The quantitative estimate of drug-likeness (QED) is 0.597. The van der Waals surface area contributed by atoms with E-state index in [1.807, 2.05) is 26.2 Å². The summed E-state index contributed by atoms with van der Waals surface area (Å²) in [5.41, 5.74) is 0.312. The van der Waals surface area contributed by atoms with Gasteiger partial charge in [0.05, 0.1) is 19.3 Å². The Morgan fingerprint density at radius 3 is 2.54 bits per heavy atom. The minimum Gasteiger partial charge on any atom is -0.496 e. The predicted molar refractivity (Wildman–Crippen MR) is 91.6 cm³/mol. The first-order chi connectivity index (χ1) is 11.4. The second-order valence-corrected chi connectivity index (χ2v) is 6.58. The summed E-state index contributed by atoms with van der Waals surface area (Å²) >= 11 is 1.55. The molecule has 1 aliphatic heterocycles. The number of nitrogens with zero attached hydrogens (tertiary/aromatic N) is 1. The molecule has 1 saturated heterocycles. The van der Waals surface area contributed by atoms with E-state index in [2.05, 4.69) is 0 Å². The fourth-order valence-corrected chi connectivity index (χ4v) is 3.07. The number of amides is 1. The first kappa shape index (κ1) is 18.6. The highest BCUT2D eigenvalue weighted by molar-refractivity contribution is 7.98. The van der Waals surface area contributed by atoms with Gasteiger partial charge in [0.15, 0.2) is 6.61 Å². The Morgan fingerprint density at radius 2 is 1.96 bits per heavy atom. The Balaban J connectivity index is 1.96. The van der Waals surface area contributed by atoms with Gasteiger partial charge >= 0.3 is 5.97 Å². The molecule has 0 N–H and O–H groups in total. The molecule has 1 amide bonds. The maximum absolute atomic E-state index is 12.2. The number of carbonyl (C=O) groups excluding carboxylic acids is 2. The topological polar surface area (TPSA) is 65.1 Å². The van der Waals surface area contributed by atoms with Gasteiger partial charge in [-0.15, -0.1) is 11.8 Å². The van der Waals surface area contributed by atoms with E-state index >= 15 is 0 Å². The Kier molecular flexibility index (Phi) is 6.51. The number of morpholine rings is 1. The molecule has 1 aromatic carbocycles. The van der Waals surface area contributed by atoms with Crippen molar-refractivity contribution in [1.82, 2.24) is 4.90 Å². The lowest BCUT2D eigenvalue weighted by molar-refractivity contribution is -0.146. The van der Waals surface area contributed by atoms with Crippen molar-refractivity contribution in [3.05, 3.63) is 23.8 Å². The van der Waals surface area contributed by atoms with E-state index in [9.17, 15) is 9.59 Å². The minimum atomic E-state index is -0.567. The van der Waals surface area contributed by atoms with Gasteiger partial charge in [0, 0.05) is 18.0 Å². The highest BCUT2D eigenvalue weighted by atomic mass is 32.2. The van der Waals surface area contributed by atoms with E-state index < -0.39 is 5.97 Å². The maximum atomic E-state index is 12.2. The van der Waals surface area contributed by atoms with Crippen molar-refractivity contribution in [2.24, 2.45) is 0 Å². The van der Waals surface area contributed by atoms with Crippen molar-refractivity contribution in [3.63, 3.8) is 0 Å². The standard InChI is InChI=1S/C17H23NO5S/c1-11-8-18(9-12(2)23-11)16(19)10-22-17(20)14-6-5-13(24-4)7-15(14)21-3/h5-7,11-12H,8-10H2,1-4H3/t11-,12-/m1/s1. The van der Waals surface area contributed by atoms with Gasteiger partial charge in [-0.05, 0) is 38.3 Å². The number of thioether (sulfide) groups is 1. The number of esters is 1. The normalized spacial score (nSPS) is 20.6. The summed E-state index contributed by atoms with van der Waals surface area (Å²) in [6.07, 6.45) is 1.90. The lowest BCUT2D eigenvalue weighted by Crippen LogP contribution is -2.49. The second kappa shape index (κ2) is 8.39. The Hall–Kier alpha value is -1.73. The van der Waals surface area contributed by atoms with E-state index in [0.29, 0.717) is 24.4 Å². The zero-order valence-corrected chi connectivity index (χ0v) is 15.2. The van der Waals surface area contributed by atoms with Crippen molar-refractivity contribution in [1.29, 1.82) is 0 Å². The number of ether oxygens (including phenoxy) is 3. The molecule has 1 fully saturated rings. The van der Waals surface area contributed by atoms with Crippen LogP contribution in [0.2, 0.25) is 0 Å². The zero-order chi connectivity index (χ0) is 17.7.